The Morgan fingerprint density at radius 3 is 2.76 bits per heavy atom. The van der Waals surface area contributed by atoms with E-state index in [1.807, 2.05) is 24.3 Å². The molecule has 6 heteroatoms. The Bertz CT molecular complexity index is 1200. The molecule has 0 spiro atoms. The van der Waals surface area contributed by atoms with Crippen molar-refractivity contribution in [3.05, 3.63) is 70.3 Å². The highest BCUT2D eigenvalue weighted by Gasteiger charge is 2.32. The minimum Gasteiger partial charge on any atom is -0.497 e. The van der Waals surface area contributed by atoms with Crippen LogP contribution in [0, 0.1) is 0 Å². The zero-order valence-corrected chi connectivity index (χ0v) is 16.6. The zero-order chi connectivity index (χ0) is 20.0. The Hall–Kier alpha value is -3.18. The minimum atomic E-state index is -0.0622. The summed E-state index contributed by atoms with van der Waals surface area (Å²) in [5.41, 5.74) is 2.96. The third-order valence-corrected chi connectivity index (χ3v) is 5.49. The number of aliphatic imine (C=N–C) groups is 1. The lowest BCUT2D eigenvalue weighted by Crippen LogP contribution is -2.41. The van der Waals surface area contributed by atoms with E-state index in [9.17, 15) is 4.79 Å². The lowest BCUT2D eigenvalue weighted by molar-refractivity contribution is 0.104. The summed E-state index contributed by atoms with van der Waals surface area (Å²) in [5.74, 6) is 2.23. The molecule has 144 valence electrons. The summed E-state index contributed by atoms with van der Waals surface area (Å²) in [4.78, 5) is 24.9. The maximum Gasteiger partial charge on any atom is 0.196 e. The Morgan fingerprint density at radius 1 is 1.14 bits per heavy atom. The molecule has 5 nitrogen and oxygen atoms in total. The number of aromatic nitrogens is 1. The molecule has 2 aliphatic rings. The van der Waals surface area contributed by atoms with Crippen molar-refractivity contribution in [2.75, 3.05) is 25.1 Å². The summed E-state index contributed by atoms with van der Waals surface area (Å²) in [5, 5.41) is 1.60. The van der Waals surface area contributed by atoms with E-state index in [1.54, 1.807) is 31.4 Å². The first-order valence-electron chi connectivity index (χ1n) is 9.47. The third kappa shape index (κ3) is 3.08. The van der Waals surface area contributed by atoms with Crippen molar-refractivity contribution < 1.29 is 9.53 Å². The molecule has 0 fully saturated rings. The van der Waals surface area contributed by atoms with Crippen LogP contribution in [0.1, 0.15) is 22.3 Å². The summed E-state index contributed by atoms with van der Waals surface area (Å²) >= 11 is 5.98. The van der Waals surface area contributed by atoms with Gasteiger partial charge in [-0.25, -0.2) is 4.98 Å². The van der Waals surface area contributed by atoms with Crippen molar-refractivity contribution in [1.82, 2.24) is 4.98 Å². The molecule has 0 saturated heterocycles. The quantitative estimate of drug-likeness (QED) is 0.590. The van der Waals surface area contributed by atoms with Crippen LogP contribution < -0.4 is 9.64 Å². The van der Waals surface area contributed by atoms with Gasteiger partial charge >= 0.3 is 0 Å². The summed E-state index contributed by atoms with van der Waals surface area (Å²) in [6.07, 6.45) is 2.83. The first-order valence-corrected chi connectivity index (χ1v) is 9.85. The molecule has 3 aromatic rings. The largest absolute Gasteiger partial charge is 0.497 e. The summed E-state index contributed by atoms with van der Waals surface area (Å²) in [6.45, 7) is 1.48. The number of ether oxygens (including phenoxy) is 1. The van der Waals surface area contributed by atoms with Gasteiger partial charge < -0.3 is 9.64 Å². The first kappa shape index (κ1) is 17.9. The van der Waals surface area contributed by atoms with Crippen molar-refractivity contribution in [1.29, 1.82) is 0 Å². The van der Waals surface area contributed by atoms with Crippen LogP contribution >= 0.6 is 11.6 Å². The van der Waals surface area contributed by atoms with E-state index in [0.29, 0.717) is 28.5 Å². The SMILES string of the molecule is COc1ccc2cc3c(nc2c1)N1CCCN=C1C(C(=O)c1ccc(Cl)cc1)=C3. The number of benzene rings is 2. The predicted octanol–water partition coefficient (Wildman–Crippen LogP) is 4.79. The van der Waals surface area contributed by atoms with Gasteiger partial charge in [0.05, 0.1) is 18.2 Å². The van der Waals surface area contributed by atoms with Gasteiger partial charge in [-0.3, -0.25) is 9.79 Å². The molecule has 0 atom stereocenters. The molecule has 2 aliphatic heterocycles. The number of pyridine rings is 1. The van der Waals surface area contributed by atoms with Crippen molar-refractivity contribution in [3.63, 3.8) is 0 Å². The molecule has 5 rings (SSSR count). The molecule has 0 amide bonds. The van der Waals surface area contributed by atoms with Gasteiger partial charge in [0.25, 0.3) is 0 Å². The van der Waals surface area contributed by atoms with Crippen LogP contribution in [0.5, 0.6) is 5.75 Å². The van der Waals surface area contributed by atoms with Crippen LogP contribution in [0.4, 0.5) is 5.82 Å². The normalized spacial score (nSPS) is 15.3. The number of halogens is 1. The average Bonchev–Trinajstić information content (AvgIpc) is 2.77. The molecule has 0 unspecified atom stereocenters. The second-order valence-corrected chi connectivity index (χ2v) is 7.50. The standard InChI is InChI=1S/C23H18ClN3O2/c1-29-18-8-5-15-11-16-12-19(21(28)14-3-6-17(24)7-4-14)23-25-9-2-10-27(23)22(16)26-20(15)13-18/h3-8,11-13H,2,9-10H2,1H3. The molecule has 3 heterocycles. The Labute approximate surface area is 173 Å². The average molecular weight is 404 g/mol. The van der Waals surface area contributed by atoms with Crippen molar-refractivity contribution in [2.24, 2.45) is 4.99 Å². The molecule has 29 heavy (non-hydrogen) atoms. The van der Waals surface area contributed by atoms with Crippen LogP contribution in [-0.2, 0) is 0 Å². The molecule has 1 aromatic heterocycles. The van der Waals surface area contributed by atoms with Gasteiger partial charge in [-0.05, 0) is 55.0 Å². The van der Waals surface area contributed by atoms with E-state index >= 15 is 0 Å². The lowest BCUT2D eigenvalue weighted by Gasteiger charge is -2.33. The fourth-order valence-corrected chi connectivity index (χ4v) is 3.91. The summed E-state index contributed by atoms with van der Waals surface area (Å²) in [7, 11) is 1.65. The smallest absolute Gasteiger partial charge is 0.196 e. The van der Waals surface area contributed by atoms with E-state index in [-0.39, 0.29) is 5.78 Å². The molecule has 0 saturated carbocycles. The maximum atomic E-state index is 13.3. The Balaban J connectivity index is 1.68. The highest BCUT2D eigenvalue weighted by molar-refractivity contribution is 6.35. The monoisotopic (exact) mass is 403 g/mol. The second kappa shape index (κ2) is 7.01. The van der Waals surface area contributed by atoms with Crippen molar-refractivity contribution in [2.45, 2.75) is 6.42 Å². The molecule has 0 N–H and O–H groups in total. The molecular formula is C23H18ClN3O2. The van der Waals surface area contributed by atoms with E-state index < -0.39 is 0 Å². The van der Waals surface area contributed by atoms with Crippen molar-refractivity contribution in [3.8, 4) is 5.75 Å². The Morgan fingerprint density at radius 2 is 1.97 bits per heavy atom. The number of hydrogen-bond donors (Lipinski definition) is 0. The fourth-order valence-electron chi connectivity index (χ4n) is 3.79. The van der Waals surface area contributed by atoms with E-state index in [4.69, 9.17) is 21.3 Å². The number of methoxy groups -OCH3 is 1. The number of rotatable bonds is 3. The van der Waals surface area contributed by atoms with Gasteiger partial charge in [0.2, 0.25) is 0 Å². The van der Waals surface area contributed by atoms with E-state index in [2.05, 4.69) is 16.0 Å². The van der Waals surface area contributed by atoms with Crippen LogP contribution in [0.25, 0.3) is 17.0 Å². The second-order valence-electron chi connectivity index (χ2n) is 7.06. The van der Waals surface area contributed by atoms with Crippen LogP contribution in [0.3, 0.4) is 0 Å². The highest BCUT2D eigenvalue weighted by atomic mass is 35.5. The van der Waals surface area contributed by atoms with Crippen molar-refractivity contribution >= 4 is 46.0 Å². The molecule has 0 aliphatic carbocycles. The molecular weight excluding hydrogens is 386 g/mol. The van der Waals surface area contributed by atoms with Gasteiger partial charge in [0, 0.05) is 40.7 Å². The zero-order valence-electron chi connectivity index (χ0n) is 15.9. The maximum absolute atomic E-state index is 13.3. The molecule has 0 radical (unpaired) electrons. The van der Waals surface area contributed by atoms with Crippen LogP contribution in [-0.4, -0.2) is 36.8 Å². The fraction of sp³-hybridized carbons (Fsp3) is 0.174. The molecule has 0 bridgehead atoms. The number of ketones is 1. The van der Waals surface area contributed by atoms with Gasteiger partial charge in [-0.1, -0.05) is 11.6 Å². The Kier molecular flexibility index (Phi) is 4.32. The number of hydrogen-bond acceptors (Lipinski definition) is 5. The number of carbonyl (C=O) groups excluding carboxylic acids is 1. The third-order valence-electron chi connectivity index (χ3n) is 5.24. The van der Waals surface area contributed by atoms with Crippen LogP contribution in [0.15, 0.2) is 59.1 Å². The van der Waals surface area contributed by atoms with E-state index in [0.717, 1.165) is 41.0 Å². The van der Waals surface area contributed by atoms with Gasteiger partial charge in [0.1, 0.15) is 17.4 Å². The number of amidine groups is 1. The van der Waals surface area contributed by atoms with Crippen LogP contribution in [0.2, 0.25) is 5.02 Å². The van der Waals surface area contributed by atoms with Gasteiger partial charge in [-0.15, -0.1) is 0 Å². The number of carbonyl (C=O) groups is 1. The summed E-state index contributed by atoms with van der Waals surface area (Å²) in [6, 6.07) is 14.8. The predicted molar refractivity (Wildman–Crippen MR) is 116 cm³/mol. The lowest BCUT2D eigenvalue weighted by atomic mass is 9.95. The number of anilines is 1. The minimum absolute atomic E-state index is 0.0622. The highest BCUT2D eigenvalue weighted by Crippen LogP contribution is 2.34. The number of Topliss-reactive ketones (excluding diaryl/α,β-unsaturated/α-hetero) is 1. The number of fused-ring (bicyclic) bond motifs is 4. The molecule has 2 aromatic carbocycles. The van der Waals surface area contributed by atoms with Gasteiger partial charge in [0.15, 0.2) is 5.78 Å². The first-order chi connectivity index (χ1) is 14.1. The number of nitrogens with zero attached hydrogens (tertiary/aromatic N) is 3. The topological polar surface area (TPSA) is 54.8 Å². The summed E-state index contributed by atoms with van der Waals surface area (Å²) < 4.78 is 5.34. The van der Waals surface area contributed by atoms with Gasteiger partial charge in [-0.2, -0.15) is 0 Å². The van der Waals surface area contributed by atoms with E-state index in [1.165, 1.54) is 0 Å².